The number of hydrogen-bond acceptors (Lipinski definition) is 7. The normalized spacial score (nSPS) is 34.6. The minimum Gasteiger partial charge on any atom is -0.371 e. The number of halogens is 2. The Morgan fingerprint density at radius 1 is 1.30 bits per heavy atom. The molecule has 7 nitrogen and oxygen atoms in total. The molecule has 0 saturated carbocycles. The molecule has 5 atom stereocenters. The van der Waals surface area contributed by atoms with Crippen LogP contribution in [-0.2, 0) is 15.1 Å². The molecule has 4 unspecified atom stereocenters. The molecular formula is C20H18Cl2N4O3S. The van der Waals surface area contributed by atoms with Gasteiger partial charge in [-0.15, -0.1) is 11.3 Å². The van der Waals surface area contributed by atoms with E-state index in [4.69, 9.17) is 23.2 Å². The number of nitrogens with zero attached hydrogens (tertiary/aromatic N) is 3. The Hall–Kier alpha value is -1.71. The zero-order chi connectivity index (χ0) is 20.9. The van der Waals surface area contributed by atoms with Crippen molar-refractivity contribution in [3.63, 3.8) is 0 Å². The fourth-order valence-electron chi connectivity index (χ4n) is 6.06. The first kappa shape index (κ1) is 19.0. The zero-order valence-electron chi connectivity index (χ0n) is 15.9. The maximum atomic E-state index is 13.8. The number of aliphatic hydroxyl groups excluding tert-OH is 1. The van der Waals surface area contributed by atoms with Gasteiger partial charge in [-0.3, -0.25) is 14.5 Å². The number of amides is 2. The van der Waals surface area contributed by atoms with E-state index in [1.807, 2.05) is 12.3 Å². The fourth-order valence-corrected chi connectivity index (χ4v) is 7.42. The summed E-state index contributed by atoms with van der Waals surface area (Å²) in [6, 6.07) is 3.25. The smallest absolute Gasteiger partial charge is 0.242 e. The van der Waals surface area contributed by atoms with E-state index >= 15 is 0 Å². The van der Waals surface area contributed by atoms with Gasteiger partial charge in [0.1, 0.15) is 11.8 Å². The monoisotopic (exact) mass is 464 g/mol. The molecule has 6 rings (SSSR count). The average Bonchev–Trinajstić information content (AvgIpc) is 3.44. The number of carbonyl (C=O) groups is 2. The number of benzene rings is 1. The van der Waals surface area contributed by atoms with Gasteiger partial charge in [-0.2, -0.15) is 0 Å². The standard InChI is InChI=1S/C20H18Cl2N4O3S/c1-8-7-30-19(23-8)26-16(27)13-12-3-2-4-25(12)20(14(13)17(26)28)10-5-9(21)6-11(22)15(10)24-18(20)29/h5-7,12-14,18,24,29H,2-4H2,1H3/t12?,13?,14-,18?,20?/m0/s1. The Kier molecular flexibility index (Phi) is 3.91. The van der Waals surface area contributed by atoms with E-state index in [2.05, 4.69) is 15.2 Å². The third kappa shape index (κ3) is 2.11. The highest BCUT2D eigenvalue weighted by Gasteiger charge is 2.74. The Morgan fingerprint density at radius 3 is 2.83 bits per heavy atom. The molecule has 3 saturated heterocycles. The van der Waals surface area contributed by atoms with Crippen molar-refractivity contribution in [1.82, 2.24) is 9.88 Å². The predicted molar refractivity (Wildman–Crippen MR) is 114 cm³/mol. The topological polar surface area (TPSA) is 85.8 Å². The van der Waals surface area contributed by atoms with Crippen LogP contribution in [0.2, 0.25) is 10.0 Å². The molecule has 4 aliphatic heterocycles. The highest BCUT2D eigenvalue weighted by Crippen LogP contribution is 2.63. The number of aromatic nitrogens is 1. The van der Waals surface area contributed by atoms with Crippen molar-refractivity contribution in [3.8, 4) is 0 Å². The lowest BCUT2D eigenvalue weighted by atomic mass is 9.75. The Morgan fingerprint density at radius 2 is 2.10 bits per heavy atom. The highest BCUT2D eigenvalue weighted by molar-refractivity contribution is 7.14. The minimum absolute atomic E-state index is 0.127. The Bertz CT molecular complexity index is 1120. The largest absolute Gasteiger partial charge is 0.371 e. The number of aliphatic hydroxyl groups is 1. The van der Waals surface area contributed by atoms with Gasteiger partial charge in [0.25, 0.3) is 0 Å². The van der Waals surface area contributed by atoms with Crippen LogP contribution >= 0.6 is 34.5 Å². The molecule has 10 heteroatoms. The van der Waals surface area contributed by atoms with Crippen molar-refractivity contribution < 1.29 is 14.7 Å². The summed E-state index contributed by atoms with van der Waals surface area (Å²) < 4.78 is 0. The van der Waals surface area contributed by atoms with E-state index in [0.717, 1.165) is 18.5 Å². The molecule has 1 spiro atoms. The second-order valence-corrected chi connectivity index (χ2v) is 10.1. The SMILES string of the molecule is Cc1csc(N2C(=O)C3C4CCCN4C4(c5cc(Cl)cc(Cl)c5NC4O)[C@@H]3C2=O)n1. The molecule has 1 aromatic heterocycles. The van der Waals surface area contributed by atoms with Crippen LogP contribution in [0.15, 0.2) is 17.5 Å². The molecule has 0 bridgehead atoms. The van der Waals surface area contributed by atoms with Gasteiger partial charge >= 0.3 is 0 Å². The lowest BCUT2D eigenvalue weighted by Crippen LogP contribution is -2.56. The second-order valence-electron chi connectivity index (χ2n) is 8.37. The van der Waals surface area contributed by atoms with E-state index in [-0.39, 0.29) is 17.9 Å². The predicted octanol–water partition coefficient (Wildman–Crippen LogP) is 2.98. The fraction of sp³-hybridized carbons (Fsp3) is 0.450. The molecule has 2 amide bonds. The van der Waals surface area contributed by atoms with Crippen molar-refractivity contribution in [2.45, 2.75) is 37.6 Å². The molecule has 0 aliphatic carbocycles. The maximum Gasteiger partial charge on any atom is 0.242 e. The summed E-state index contributed by atoms with van der Waals surface area (Å²) >= 11 is 14.0. The highest BCUT2D eigenvalue weighted by atomic mass is 35.5. The summed E-state index contributed by atoms with van der Waals surface area (Å²) in [5, 5.41) is 17.4. The van der Waals surface area contributed by atoms with Crippen LogP contribution in [0.3, 0.4) is 0 Å². The first-order chi connectivity index (χ1) is 14.4. The molecule has 2 aromatic rings. The van der Waals surface area contributed by atoms with Crippen LogP contribution in [-0.4, -0.2) is 45.6 Å². The quantitative estimate of drug-likeness (QED) is 0.630. The van der Waals surface area contributed by atoms with Crippen LogP contribution in [0.1, 0.15) is 24.1 Å². The lowest BCUT2D eigenvalue weighted by Gasteiger charge is -2.40. The number of hydrogen-bond donors (Lipinski definition) is 2. The number of fused-ring (bicyclic) bond motifs is 7. The molecule has 1 aromatic carbocycles. The molecule has 4 aliphatic rings. The maximum absolute atomic E-state index is 13.8. The van der Waals surface area contributed by atoms with Gasteiger partial charge in [0.2, 0.25) is 11.8 Å². The van der Waals surface area contributed by atoms with Crippen LogP contribution in [0.5, 0.6) is 0 Å². The number of aryl methyl sites for hydroxylation is 1. The van der Waals surface area contributed by atoms with Gasteiger partial charge in [-0.05, 0) is 38.4 Å². The first-order valence-electron chi connectivity index (χ1n) is 9.86. The van der Waals surface area contributed by atoms with Crippen molar-refractivity contribution in [2.75, 3.05) is 16.8 Å². The van der Waals surface area contributed by atoms with Crippen LogP contribution in [0.25, 0.3) is 0 Å². The van der Waals surface area contributed by atoms with Gasteiger partial charge in [-0.1, -0.05) is 23.2 Å². The van der Waals surface area contributed by atoms with Gasteiger partial charge in [0, 0.05) is 22.0 Å². The molecule has 156 valence electrons. The summed E-state index contributed by atoms with van der Waals surface area (Å²) in [5.74, 6) is -1.83. The average molecular weight is 465 g/mol. The third-order valence-electron chi connectivity index (χ3n) is 7.00. The van der Waals surface area contributed by atoms with E-state index in [0.29, 0.717) is 33.0 Å². The zero-order valence-corrected chi connectivity index (χ0v) is 18.3. The molecule has 0 radical (unpaired) electrons. The number of rotatable bonds is 1. The Balaban J connectivity index is 1.58. The summed E-state index contributed by atoms with van der Waals surface area (Å²) in [6.07, 6.45) is 0.598. The van der Waals surface area contributed by atoms with Crippen molar-refractivity contribution in [1.29, 1.82) is 0 Å². The van der Waals surface area contributed by atoms with E-state index < -0.39 is 23.6 Å². The number of nitrogens with one attached hydrogen (secondary N) is 1. The van der Waals surface area contributed by atoms with Crippen molar-refractivity contribution in [2.24, 2.45) is 11.8 Å². The number of imide groups is 1. The van der Waals surface area contributed by atoms with Gasteiger partial charge in [0.15, 0.2) is 5.13 Å². The minimum atomic E-state index is -1.09. The summed E-state index contributed by atoms with van der Waals surface area (Å²) in [4.78, 5) is 35.0. The Labute approximate surface area is 186 Å². The first-order valence-corrected chi connectivity index (χ1v) is 11.5. The molecular weight excluding hydrogens is 447 g/mol. The molecule has 2 N–H and O–H groups in total. The summed E-state index contributed by atoms with van der Waals surface area (Å²) in [7, 11) is 0. The number of carbonyl (C=O) groups excluding carboxylic acids is 2. The van der Waals surface area contributed by atoms with Crippen molar-refractivity contribution >= 4 is 57.2 Å². The van der Waals surface area contributed by atoms with Crippen LogP contribution in [0, 0.1) is 18.8 Å². The summed E-state index contributed by atoms with van der Waals surface area (Å²) in [5.41, 5.74) is 0.925. The van der Waals surface area contributed by atoms with E-state index in [9.17, 15) is 14.7 Å². The number of anilines is 2. The van der Waals surface area contributed by atoms with Crippen LogP contribution in [0.4, 0.5) is 10.8 Å². The summed E-state index contributed by atoms with van der Waals surface area (Å²) in [6.45, 7) is 2.52. The van der Waals surface area contributed by atoms with Crippen molar-refractivity contribution in [3.05, 3.63) is 38.8 Å². The van der Waals surface area contributed by atoms with Gasteiger partial charge in [0.05, 0.1) is 28.2 Å². The van der Waals surface area contributed by atoms with Gasteiger partial charge < -0.3 is 10.4 Å². The third-order valence-corrected chi connectivity index (χ3v) is 8.46. The number of thiazole rings is 1. The lowest BCUT2D eigenvalue weighted by molar-refractivity contribution is -0.127. The second kappa shape index (κ2) is 6.17. The van der Waals surface area contributed by atoms with E-state index in [1.54, 1.807) is 12.1 Å². The van der Waals surface area contributed by atoms with Crippen LogP contribution < -0.4 is 10.2 Å². The molecule has 3 fully saturated rings. The molecule has 5 heterocycles. The van der Waals surface area contributed by atoms with E-state index in [1.165, 1.54) is 16.2 Å². The van der Waals surface area contributed by atoms with Gasteiger partial charge in [-0.25, -0.2) is 9.88 Å². The molecule has 30 heavy (non-hydrogen) atoms.